The van der Waals surface area contributed by atoms with Crippen LogP contribution in [-0.2, 0) is 9.53 Å². The van der Waals surface area contributed by atoms with E-state index in [1.165, 1.54) is 0 Å². The zero-order chi connectivity index (χ0) is 21.8. The summed E-state index contributed by atoms with van der Waals surface area (Å²) in [6.45, 7) is 4.84. The van der Waals surface area contributed by atoms with Gasteiger partial charge in [-0.25, -0.2) is 0 Å². The predicted octanol–water partition coefficient (Wildman–Crippen LogP) is 3.69. The number of fused-ring (bicyclic) bond motifs is 1. The number of likely N-dealkylation sites (tertiary alicyclic amines) is 1. The predicted molar refractivity (Wildman–Crippen MR) is 115 cm³/mol. The first-order chi connectivity index (χ1) is 15.1. The molecular weight excluding hydrogens is 398 g/mol. The van der Waals surface area contributed by atoms with E-state index in [-0.39, 0.29) is 18.8 Å². The standard InChI is InChI=1S/C24H29NO6/c1-3-11-29-12-10-25-14-19(17-6-9-20-21(13-17)31-15-30-20)22(24(26)27)23(25)16-4-7-18(28-2)8-5-16/h4-9,13,19,22-23H,3,10-12,14-15H2,1-2H3,(H,26,27)/t19?,22-,23+/m0/s1. The van der Waals surface area contributed by atoms with Gasteiger partial charge in [-0.2, -0.15) is 0 Å². The Morgan fingerprint density at radius 2 is 1.84 bits per heavy atom. The van der Waals surface area contributed by atoms with Crippen molar-refractivity contribution in [3.8, 4) is 17.2 Å². The Hall–Kier alpha value is -2.77. The molecule has 0 amide bonds. The SMILES string of the molecule is CCCOCCN1CC(c2ccc3c(c2)OCO3)[C@H](C(=O)O)[C@H]1c1ccc(OC)cc1. The lowest BCUT2D eigenvalue weighted by atomic mass is 9.82. The van der Waals surface area contributed by atoms with E-state index in [2.05, 4.69) is 11.8 Å². The molecule has 0 radical (unpaired) electrons. The van der Waals surface area contributed by atoms with E-state index in [1.54, 1.807) is 7.11 Å². The van der Waals surface area contributed by atoms with Crippen LogP contribution in [-0.4, -0.2) is 56.2 Å². The molecule has 0 spiro atoms. The van der Waals surface area contributed by atoms with E-state index in [0.29, 0.717) is 37.8 Å². The van der Waals surface area contributed by atoms with Gasteiger partial charge in [0.05, 0.1) is 19.6 Å². The number of hydrogen-bond acceptors (Lipinski definition) is 6. The Balaban J connectivity index is 1.66. The highest BCUT2D eigenvalue weighted by atomic mass is 16.7. The topological polar surface area (TPSA) is 77.5 Å². The number of carboxylic acid groups (broad SMARTS) is 1. The number of carbonyl (C=O) groups is 1. The summed E-state index contributed by atoms with van der Waals surface area (Å²) in [5.74, 6) is 0.543. The third-order valence-electron chi connectivity index (χ3n) is 6.04. The van der Waals surface area contributed by atoms with Crippen molar-refractivity contribution in [1.82, 2.24) is 4.90 Å². The molecule has 2 heterocycles. The Labute approximate surface area is 182 Å². The smallest absolute Gasteiger partial charge is 0.309 e. The van der Waals surface area contributed by atoms with E-state index in [0.717, 1.165) is 23.3 Å². The number of nitrogens with zero attached hydrogens (tertiary/aromatic N) is 1. The van der Waals surface area contributed by atoms with Crippen molar-refractivity contribution in [1.29, 1.82) is 0 Å². The maximum absolute atomic E-state index is 12.5. The highest BCUT2D eigenvalue weighted by Gasteiger charge is 2.47. The van der Waals surface area contributed by atoms with Crippen molar-refractivity contribution in [2.24, 2.45) is 5.92 Å². The number of aliphatic carboxylic acids is 1. The molecule has 4 rings (SSSR count). The summed E-state index contributed by atoms with van der Waals surface area (Å²) in [4.78, 5) is 14.7. The zero-order valence-corrected chi connectivity index (χ0v) is 18.0. The van der Waals surface area contributed by atoms with Crippen LogP contribution in [0.5, 0.6) is 17.2 Å². The van der Waals surface area contributed by atoms with Crippen molar-refractivity contribution in [2.45, 2.75) is 25.3 Å². The molecule has 2 aromatic rings. The van der Waals surface area contributed by atoms with Crippen molar-refractivity contribution < 1.29 is 28.8 Å². The minimum absolute atomic E-state index is 0.176. The molecule has 0 aromatic heterocycles. The van der Waals surface area contributed by atoms with Crippen molar-refractivity contribution in [3.63, 3.8) is 0 Å². The molecule has 2 aliphatic heterocycles. The van der Waals surface area contributed by atoms with Gasteiger partial charge in [-0.3, -0.25) is 9.69 Å². The number of ether oxygens (including phenoxy) is 4. The first-order valence-corrected chi connectivity index (χ1v) is 10.7. The van der Waals surface area contributed by atoms with Crippen LogP contribution < -0.4 is 14.2 Å². The third-order valence-corrected chi connectivity index (χ3v) is 6.04. The zero-order valence-electron chi connectivity index (χ0n) is 18.0. The van der Waals surface area contributed by atoms with Gasteiger partial charge >= 0.3 is 5.97 Å². The van der Waals surface area contributed by atoms with Crippen LogP contribution in [0.25, 0.3) is 0 Å². The normalized spacial score (nSPS) is 22.6. The van der Waals surface area contributed by atoms with E-state index < -0.39 is 11.9 Å². The molecule has 7 nitrogen and oxygen atoms in total. The maximum Gasteiger partial charge on any atom is 0.309 e. The average molecular weight is 427 g/mol. The maximum atomic E-state index is 12.5. The number of hydrogen-bond donors (Lipinski definition) is 1. The molecular formula is C24H29NO6. The summed E-state index contributed by atoms with van der Waals surface area (Å²) in [6.07, 6.45) is 0.958. The second-order valence-electron chi connectivity index (χ2n) is 7.91. The molecule has 1 fully saturated rings. The van der Waals surface area contributed by atoms with E-state index in [4.69, 9.17) is 18.9 Å². The van der Waals surface area contributed by atoms with E-state index in [1.807, 2.05) is 42.5 Å². The Bertz CT molecular complexity index is 899. The van der Waals surface area contributed by atoms with Gasteiger partial charge in [0, 0.05) is 31.7 Å². The van der Waals surface area contributed by atoms with Gasteiger partial charge in [0.1, 0.15) is 5.75 Å². The molecule has 2 aromatic carbocycles. The van der Waals surface area contributed by atoms with Gasteiger partial charge in [-0.1, -0.05) is 25.1 Å². The van der Waals surface area contributed by atoms with E-state index in [9.17, 15) is 9.90 Å². The van der Waals surface area contributed by atoms with Gasteiger partial charge in [-0.15, -0.1) is 0 Å². The highest BCUT2D eigenvalue weighted by molar-refractivity contribution is 5.74. The lowest BCUT2D eigenvalue weighted by Gasteiger charge is -2.27. The fraction of sp³-hybridized carbons (Fsp3) is 0.458. The second-order valence-corrected chi connectivity index (χ2v) is 7.91. The molecule has 0 aliphatic carbocycles. The number of methoxy groups -OCH3 is 1. The number of rotatable bonds is 9. The average Bonchev–Trinajstić information content (AvgIpc) is 3.41. The van der Waals surface area contributed by atoms with Crippen LogP contribution in [0.2, 0.25) is 0 Å². The van der Waals surface area contributed by atoms with Crippen LogP contribution in [0, 0.1) is 5.92 Å². The summed E-state index contributed by atoms with van der Waals surface area (Å²) < 4.78 is 22.0. The van der Waals surface area contributed by atoms with Crippen molar-refractivity contribution in [2.75, 3.05) is 40.2 Å². The van der Waals surface area contributed by atoms with Gasteiger partial charge in [-0.05, 0) is 41.8 Å². The van der Waals surface area contributed by atoms with Gasteiger partial charge in [0.25, 0.3) is 0 Å². The van der Waals surface area contributed by atoms with Crippen LogP contribution >= 0.6 is 0 Å². The first-order valence-electron chi connectivity index (χ1n) is 10.7. The second kappa shape index (κ2) is 9.58. The van der Waals surface area contributed by atoms with Crippen molar-refractivity contribution in [3.05, 3.63) is 53.6 Å². The van der Waals surface area contributed by atoms with Crippen LogP contribution in [0.4, 0.5) is 0 Å². The summed E-state index contributed by atoms with van der Waals surface area (Å²) in [7, 11) is 1.62. The summed E-state index contributed by atoms with van der Waals surface area (Å²) >= 11 is 0. The molecule has 0 bridgehead atoms. The quantitative estimate of drug-likeness (QED) is 0.612. The largest absolute Gasteiger partial charge is 0.497 e. The monoisotopic (exact) mass is 427 g/mol. The van der Waals surface area contributed by atoms with E-state index >= 15 is 0 Å². The Kier molecular flexibility index (Phi) is 6.63. The molecule has 2 aliphatic rings. The first kappa shape index (κ1) is 21.5. The van der Waals surface area contributed by atoms with Gasteiger partial charge in [0.2, 0.25) is 6.79 Å². The Morgan fingerprint density at radius 3 is 2.55 bits per heavy atom. The van der Waals surface area contributed by atoms with Gasteiger partial charge in [0.15, 0.2) is 11.5 Å². The summed E-state index contributed by atoms with van der Waals surface area (Å²) in [5, 5.41) is 10.3. The third kappa shape index (κ3) is 4.48. The molecule has 7 heteroatoms. The molecule has 31 heavy (non-hydrogen) atoms. The molecule has 1 saturated heterocycles. The fourth-order valence-corrected chi connectivity index (χ4v) is 4.57. The molecule has 3 atom stereocenters. The summed E-state index contributed by atoms with van der Waals surface area (Å²) in [6, 6.07) is 13.2. The molecule has 1 unspecified atom stereocenters. The molecule has 1 N–H and O–H groups in total. The van der Waals surface area contributed by atoms with Crippen molar-refractivity contribution >= 4 is 5.97 Å². The minimum atomic E-state index is -0.805. The minimum Gasteiger partial charge on any atom is -0.497 e. The lowest BCUT2D eigenvalue weighted by molar-refractivity contribution is -0.143. The summed E-state index contributed by atoms with van der Waals surface area (Å²) in [5.41, 5.74) is 1.92. The molecule has 166 valence electrons. The number of benzene rings is 2. The molecule has 0 saturated carbocycles. The highest BCUT2D eigenvalue weighted by Crippen LogP contribution is 2.47. The number of carboxylic acids is 1. The van der Waals surface area contributed by atoms with Crippen LogP contribution in [0.3, 0.4) is 0 Å². The van der Waals surface area contributed by atoms with Crippen LogP contribution in [0.15, 0.2) is 42.5 Å². The Morgan fingerprint density at radius 1 is 1.10 bits per heavy atom. The fourth-order valence-electron chi connectivity index (χ4n) is 4.57. The lowest BCUT2D eigenvalue weighted by Crippen LogP contribution is -2.31. The van der Waals surface area contributed by atoms with Gasteiger partial charge < -0.3 is 24.1 Å². The van der Waals surface area contributed by atoms with Crippen LogP contribution in [0.1, 0.15) is 36.4 Å².